The molecule has 1 aliphatic carbocycles. The molecule has 55 heavy (non-hydrogen) atoms. The first-order valence-electron chi connectivity index (χ1n) is 17.0. The molecule has 4 aromatic rings. The molecule has 2 aromatic carbocycles. The lowest BCUT2D eigenvalue weighted by Crippen LogP contribution is -2.48. The largest absolute Gasteiger partial charge is 0.447 e. The summed E-state index contributed by atoms with van der Waals surface area (Å²) in [5.74, 6) is -0.284. The minimum absolute atomic E-state index is 0.228. The van der Waals surface area contributed by atoms with Crippen LogP contribution in [0.2, 0.25) is 5.02 Å². The summed E-state index contributed by atoms with van der Waals surface area (Å²) in [6.45, 7) is 5.69. The predicted octanol–water partition coefficient (Wildman–Crippen LogP) is 8.44. The minimum Gasteiger partial charge on any atom is -0.447 e. The first kappa shape index (κ1) is 44.4. The van der Waals surface area contributed by atoms with Crippen molar-refractivity contribution in [2.75, 3.05) is 20.7 Å². The monoisotopic (exact) mass is 799 g/mol. The van der Waals surface area contributed by atoms with Crippen molar-refractivity contribution in [3.63, 3.8) is 0 Å². The number of aromatic amines is 1. The fourth-order valence-corrected chi connectivity index (χ4v) is 4.91. The average Bonchev–Trinajstić information content (AvgIpc) is 3.46. The molecule has 2 aromatic heterocycles. The average molecular weight is 800 g/mol. The van der Waals surface area contributed by atoms with Crippen LogP contribution < -0.4 is 10.6 Å². The molecule has 0 bridgehead atoms. The number of carbonyl (C=O) groups is 2. The maximum atomic E-state index is 13.7. The first-order chi connectivity index (χ1) is 25.7. The molecule has 5 rings (SSSR count). The second kappa shape index (κ2) is 18.6. The van der Waals surface area contributed by atoms with E-state index in [0.29, 0.717) is 22.0 Å². The van der Waals surface area contributed by atoms with Crippen LogP contribution in [0.3, 0.4) is 0 Å². The molecule has 2 heterocycles. The molecule has 0 aliphatic heterocycles. The second-order valence-electron chi connectivity index (χ2n) is 13.6. The molecule has 0 saturated heterocycles. The van der Waals surface area contributed by atoms with Gasteiger partial charge in [0.15, 0.2) is 5.82 Å². The quantitative estimate of drug-likeness (QED) is 0.0675. The summed E-state index contributed by atoms with van der Waals surface area (Å²) in [5.41, 5.74) is -1.18. The van der Waals surface area contributed by atoms with Gasteiger partial charge in [-0.3, -0.25) is 24.9 Å². The summed E-state index contributed by atoms with van der Waals surface area (Å²) in [7, 11) is 3.75. The molecule has 1 aliphatic rings. The molecule has 300 valence electrons. The summed E-state index contributed by atoms with van der Waals surface area (Å²) in [6, 6.07) is 10.2. The molecule has 0 spiro atoms. The van der Waals surface area contributed by atoms with Crippen molar-refractivity contribution >= 4 is 29.9 Å². The van der Waals surface area contributed by atoms with E-state index >= 15 is 0 Å². The normalized spacial score (nSPS) is 14.0. The van der Waals surface area contributed by atoms with E-state index in [1.165, 1.54) is 12.4 Å². The molecule has 1 unspecified atom stereocenters. The van der Waals surface area contributed by atoms with Crippen LogP contribution in [0.25, 0.3) is 22.5 Å². The number of hydrogen-bond acceptors (Lipinski definition) is 8. The van der Waals surface area contributed by atoms with Gasteiger partial charge in [-0.05, 0) is 68.8 Å². The number of amides is 2. The lowest BCUT2D eigenvalue weighted by molar-refractivity contribution is -0.204. The van der Waals surface area contributed by atoms with Gasteiger partial charge in [0.2, 0.25) is 0 Å². The Morgan fingerprint density at radius 3 is 2.18 bits per heavy atom. The number of nitrogens with zero attached hydrogens (tertiary/aromatic N) is 5. The number of nitrogens with one attached hydrogen (secondary N) is 4. The number of rotatable bonds is 11. The highest BCUT2D eigenvalue weighted by Gasteiger charge is 2.64. The molecule has 19 heteroatoms. The highest BCUT2D eigenvalue weighted by molar-refractivity contribution is 6.33. The highest BCUT2D eigenvalue weighted by atomic mass is 35.5. The first-order valence-corrected chi connectivity index (χ1v) is 17.4. The molecule has 12 nitrogen and oxygen atoms in total. The van der Waals surface area contributed by atoms with E-state index in [2.05, 4.69) is 25.6 Å². The summed E-state index contributed by atoms with van der Waals surface area (Å²) < 4.78 is 81.9. The molecule has 1 saturated carbocycles. The zero-order valence-electron chi connectivity index (χ0n) is 31.1. The van der Waals surface area contributed by atoms with Crippen molar-refractivity contribution in [1.82, 2.24) is 40.5 Å². The van der Waals surface area contributed by atoms with Gasteiger partial charge in [0.25, 0.3) is 5.91 Å². The van der Waals surface area contributed by atoms with Crippen LogP contribution in [0.15, 0.2) is 61.2 Å². The number of alkyl halides is 6. The van der Waals surface area contributed by atoms with Crippen LogP contribution in [0.5, 0.6) is 0 Å². The third-order valence-electron chi connectivity index (χ3n) is 8.16. The van der Waals surface area contributed by atoms with Crippen LogP contribution in [-0.2, 0) is 11.3 Å². The number of alkyl carbamates (subject to hydrolysis) is 1. The van der Waals surface area contributed by atoms with Gasteiger partial charge >= 0.3 is 18.4 Å². The lowest BCUT2D eigenvalue weighted by atomic mass is 9.96. The van der Waals surface area contributed by atoms with Crippen LogP contribution >= 0.6 is 11.6 Å². The van der Waals surface area contributed by atoms with Crippen LogP contribution in [0, 0.1) is 10.8 Å². The van der Waals surface area contributed by atoms with Gasteiger partial charge in [0, 0.05) is 29.4 Å². The van der Waals surface area contributed by atoms with E-state index in [1.54, 1.807) is 42.6 Å². The number of ether oxygens (including phenoxy) is 1. The predicted molar refractivity (Wildman–Crippen MR) is 195 cm³/mol. The smallest absolute Gasteiger partial charge is 0.411 e. The topological polar surface area (TPSA) is 154 Å². The molecule has 0 radical (unpaired) electrons. The Morgan fingerprint density at radius 1 is 1.07 bits per heavy atom. The molecule has 4 N–H and O–H groups in total. The van der Waals surface area contributed by atoms with Crippen molar-refractivity contribution in [3.8, 4) is 22.5 Å². The second-order valence-corrected chi connectivity index (χ2v) is 14.0. The van der Waals surface area contributed by atoms with Gasteiger partial charge in [-0.2, -0.15) is 36.5 Å². The van der Waals surface area contributed by atoms with E-state index in [1.807, 2.05) is 37.2 Å². The van der Waals surface area contributed by atoms with Gasteiger partial charge in [-0.25, -0.2) is 9.78 Å². The molecular formula is C36H44ClF6N9O3. The fraction of sp³-hybridized carbons (Fsp3) is 0.444. The van der Waals surface area contributed by atoms with E-state index < -0.39 is 48.0 Å². The Kier molecular flexibility index (Phi) is 15.0. The van der Waals surface area contributed by atoms with E-state index in [4.69, 9.17) is 21.7 Å². The maximum Gasteiger partial charge on any atom is 0.411 e. The summed E-state index contributed by atoms with van der Waals surface area (Å²) >= 11 is 6.38. The van der Waals surface area contributed by atoms with E-state index in [9.17, 15) is 35.9 Å². The Bertz CT molecular complexity index is 1840. The number of aromatic nitrogens is 5. The van der Waals surface area contributed by atoms with Crippen molar-refractivity contribution < 1.29 is 40.7 Å². The third-order valence-corrected chi connectivity index (χ3v) is 8.49. The minimum atomic E-state index is -4.63. The van der Waals surface area contributed by atoms with Gasteiger partial charge in [-0.15, -0.1) is 0 Å². The number of carbonyl (C=O) groups excluding carboxylic acids is 2. The number of aryl methyl sites for hydroxylation is 1. The van der Waals surface area contributed by atoms with E-state index in [0.717, 1.165) is 56.1 Å². The van der Waals surface area contributed by atoms with E-state index in [-0.39, 0.29) is 18.4 Å². The Labute approximate surface area is 319 Å². The number of hydrogen-bond donors (Lipinski definition) is 4. The summed E-state index contributed by atoms with van der Waals surface area (Å²) in [6.07, 6.45) is -3.89. The van der Waals surface area contributed by atoms with Crippen LogP contribution in [0.4, 0.5) is 31.1 Å². The molecular weight excluding hydrogens is 756 g/mol. The zero-order chi connectivity index (χ0) is 41.2. The maximum absolute atomic E-state index is 13.7. The van der Waals surface area contributed by atoms with Crippen molar-refractivity contribution in [3.05, 3.63) is 77.3 Å². The number of halogens is 7. The van der Waals surface area contributed by atoms with Gasteiger partial charge in [0.05, 0.1) is 29.0 Å². The standard InChI is InChI=1S/C29H28ClF3N8O3.C5H9F3.C2H7N/c1-2-11-40-14-21(13-37-40)18-3-5-19(6-4-18)26(42)41(16-34)24(15-44-27(43)38-28(9-10-28)29(31,32)33)20-7-8-23(30)22(12-20)25-35-17-36-39-25;1-4(2,3)5(6,7)8;1-3-2/h3-8,12-14,16-17,24,34H,2,9-11,15H2,1H3,(H,38,43)(H,35,36,39);1-3H3;3H,1-2H3. The van der Waals surface area contributed by atoms with Gasteiger partial charge in [-0.1, -0.05) is 57.5 Å². The van der Waals surface area contributed by atoms with Gasteiger partial charge in [0.1, 0.15) is 18.5 Å². The molecule has 1 atom stereocenters. The van der Waals surface area contributed by atoms with Crippen LogP contribution in [0.1, 0.15) is 68.9 Å². The Balaban J connectivity index is 0.000000649. The molecule has 2 amide bonds. The van der Waals surface area contributed by atoms with Crippen molar-refractivity contribution in [2.45, 2.75) is 77.4 Å². The van der Waals surface area contributed by atoms with Gasteiger partial charge < -0.3 is 15.4 Å². The third kappa shape index (κ3) is 11.8. The number of benzene rings is 2. The molecule has 1 fully saturated rings. The fourth-order valence-electron chi connectivity index (χ4n) is 4.70. The lowest BCUT2D eigenvalue weighted by Gasteiger charge is -2.29. The zero-order valence-corrected chi connectivity index (χ0v) is 31.8. The summed E-state index contributed by atoms with van der Waals surface area (Å²) in [5, 5.41) is 23.9. The highest BCUT2D eigenvalue weighted by Crippen LogP contribution is 2.49. The summed E-state index contributed by atoms with van der Waals surface area (Å²) in [4.78, 5) is 31.4. The Morgan fingerprint density at radius 2 is 1.69 bits per heavy atom. The van der Waals surface area contributed by atoms with Crippen molar-refractivity contribution in [2.24, 2.45) is 5.41 Å². The SMILES string of the molecule is CC(C)(C)C(F)(F)F.CCCn1cc(-c2ccc(C(=O)N(C=N)C(COC(=O)NC3(C(F)(F)F)CC3)c3ccc(Cl)c(-c4ncn[nH]4)c3)cc2)cn1.CNC. The Hall–Kier alpha value is -4.97. The van der Waals surface area contributed by atoms with Crippen molar-refractivity contribution in [1.29, 1.82) is 5.41 Å². The number of H-pyrrole nitrogens is 1. The van der Waals surface area contributed by atoms with Crippen LogP contribution in [-0.4, -0.2) is 86.8 Å².